The number of hydrogen-bond acceptors (Lipinski definition) is 6. The molecule has 0 aliphatic carbocycles. The molecule has 3 aromatic rings. The summed E-state index contributed by atoms with van der Waals surface area (Å²) in [5.41, 5.74) is 2.02. The molecule has 0 spiro atoms. The molecule has 1 N–H and O–H groups in total. The fourth-order valence-electron chi connectivity index (χ4n) is 4.65. The molecular weight excluding hydrogens is 524 g/mol. The minimum atomic E-state index is -3.44. The number of nitrogens with zero attached hydrogens (tertiary/aromatic N) is 1. The molecule has 0 fully saturated rings. The van der Waals surface area contributed by atoms with Crippen LogP contribution in [0.5, 0.6) is 5.75 Å². The second-order valence-corrected chi connectivity index (χ2v) is 12.3. The number of sulfonamides is 1. The van der Waals surface area contributed by atoms with Crippen LogP contribution >= 0.6 is 0 Å². The first kappa shape index (κ1) is 31.7. The Hall–Kier alpha value is -2.84. The number of fused-ring (bicyclic) bond motifs is 1. The fourth-order valence-corrected chi connectivity index (χ4v) is 5.28. The molecule has 2 aromatic carbocycles. The predicted octanol–water partition coefficient (Wildman–Crippen LogP) is 7.44. The quantitative estimate of drug-likeness (QED) is 0.119. The van der Waals surface area contributed by atoms with Crippen molar-refractivity contribution < 1.29 is 22.4 Å². The van der Waals surface area contributed by atoms with Gasteiger partial charge < -0.3 is 14.1 Å². The molecule has 0 saturated heterocycles. The van der Waals surface area contributed by atoms with E-state index in [1.54, 1.807) is 37.3 Å². The molecular formula is C32H46N2O5S. The first-order valence-electron chi connectivity index (χ1n) is 14.9. The van der Waals surface area contributed by atoms with Gasteiger partial charge >= 0.3 is 0 Å². The number of aryl methyl sites for hydroxylation is 1. The summed E-state index contributed by atoms with van der Waals surface area (Å²) in [4.78, 5) is 16.3. The first-order chi connectivity index (χ1) is 19.3. The van der Waals surface area contributed by atoms with Gasteiger partial charge in [-0.1, -0.05) is 40.0 Å². The summed E-state index contributed by atoms with van der Waals surface area (Å²) in [6.45, 7) is 12.1. The molecule has 0 bridgehead atoms. The monoisotopic (exact) mass is 570 g/mol. The summed E-state index contributed by atoms with van der Waals surface area (Å²) >= 11 is 0. The highest BCUT2D eigenvalue weighted by Crippen LogP contribution is 2.32. The van der Waals surface area contributed by atoms with Crippen molar-refractivity contribution in [3.63, 3.8) is 0 Å². The van der Waals surface area contributed by atoms with E-state index in [0.29, 0.717) is 46.6 Å². The molecule has 1 aromatic heterocycles. The minimum Gasteiger partial charge on any atom is -0.494 e. The minimum absolute atomic E-state index is 0.0334. The van der Waals surface area contributed by atoms with Crippen molar-refractivity contribution in [3.05, 3.63) is 59.4 Å². The van der Waals surface area contributed by atoms with Crippen LogP contribution in [0.15, 0.2) is 46.9 Å². The zero-order valence-electron chi connectivity index (χ0n) is 24.6. The van der Waals surface area contributed by atoms with E-state index in [4.69, 9.17) is 9.15 Å². The van der Waals surface area contributed by atoms with Crippen molar-refractivity contribution in [2.75, 3.05) is 36.7 Å². The van der Waals surface area contributed by atoms with Crippen molar-refractivity contribution >= 4 is 32.5 Å². The van der Waals surface area contributed by atoms with Gasteiger partial charge in [-0.3, -0.25) is 9.52 Å². The summed E-state index contributed by atoms with van der Waals surface area (Å²) < 4.78 is 38.9. The average Bonchev–Trinajstić information content (AvgIpc) is 3.32. The lowest BCUT2D eigenvalue weighted by molar-refractivity contribution is 0.103. The lowest BCUT2D eigenvalue weighted by Gasteiger charge is -2.21. The van der Waals surface area contributed by atoms with Gasteiger partial charge in [0.25, 0.3) is 0 Å². The van der Waals surface area contributed by atoms with Crippen molar-refractivity contribution in [3.8, 4) is 5.75 Å². The fraction of sp³-hybridized carbons (Fsp3) is 0.531. The van der Waals surface area contributed by atoms with Gasteiger partial charge in [-0.05, 0) is 88.2 Å². The molecule has 0 amide bonds. The van der Waals surface area contributed by atoms with Crippen LogP contribution in [0.3, 0.4) is 0 Å². The topological polar surface area (TPSA) is 88.8 Å². The van der Waals surface area contributed by atoms with Crippen molar-refractivity contribution in [1.29, 1.82) is 0 Å². The maximum Gasteiger partial charge on any atom is 0.232 e. The first-order valence-corrected chi connectivity index (χ1v) is 16.5. The zero-order valence-corrected chi connectivity index (χ0v) is 25.4. The summed E-state index contributed by atoms with van der Waals surface area (Å²) in [5.74, 6) is 1.20. The Labute approximate surface area is 240 Å². The Morgan fingerprint density at radius 3 is 2.15 bits per heavy atom. The zero-order chi connectivity index (χ0) is 29.0. The number of ether oxygens (including phenoxy) is 1. The maximum absolute atomic E-state index is 13.7. The summed E-state index contributed by atoms with van der Waals surface area (Å²) in [6, 6.07) is 12.3. The number of ketones is 1. The van der Waals surface area contributed by atoms with Crippen LogP contribution in [0.25, 0.3) is 11.0 Å². The molecule has 0 radical (unpaired) electrons. The normalized spacial score (nSPS) is 11.8. The summed E-state index contributed by atoms with van der Waals surface area (Å²) in [6.07, 6.45) is 8.31. The number of rotatable bonds is 19. The maximum atomic E-state index is 13.7. The predicted molar refractivity (Wildman–Crippen MR) is 164 cm³/mol. The second kappa shape index (κ2) is 15.8. The summed E-state index contributed by atoms with van der Waals surface area (Å²) in [7, 11) is -3.44. The second-order valence-electron chi connectivity index (χ2n) is 10.3. The van der Waals surface area contributed by atoms with E-state index < -0.39 is 10.0 Å². The highest BCUT2D eigenvalue weighted by atomic mass is 32.2. The van der Waals surface area contributed by atoms with E-state index in [1.165, 1.54) is 25.7 Å². The van der Waals surface area contributed by atoms with E-state index in [0.717, 1.165) is 44.6 Å². The van der Waals surface area contributed by atoms with E-state index >= 15 is 0 Å². The lowest BCUT2D eigenvalue weighted by atomic mass is 9.98. The van der Waals surface area contributed by atoms with E-state index in [-0.39, 0.29) is 11.5 Å². The standard InChI is InChI=1S/C32H46N2O5S/c1-5-9-13-30-31(28-24-26(16-19-29(28)39-30)33-40(36,37)8-4)32(35)25-14-17-27(18-15-25)38-23-12-22-34(20-10-6-2)21-11-7-3/h14-19,24,33H,5-13,20-23H2,1-4H3. The molecule has 0 saturated carbocycles. The molecule has 8 heteroatoms. The van der Waals surface area contributed by atoms with Gasteiger partial charge in [0.1, 0.15) is 17.1 Å². The largest absolute Gasteiger partial charge is 0.494 e. The van der Waals surface area contributed by atoms with Crippen LogP contribution in [-0.2, 0) is 16.4 Å². The molecule has 40 heavy (non-hydrogen) atoms. The number of hydrogen-bond donors (Lipinski definition) is 1. The Kier molecular flexibility index (Phi) is 12.5. The van der Waals surface area contributed by atoms with Gasteiger partial charge in [0.2, 0.25) is 10.0 Å². The van der Waals surface area contributed by atoms with Crippen LogP contribution in [0.2, 0.25) is 0 Å². The van der Waals surface area contributed by atoms with Crippen LogP contribution in [0.1, 0.15) is 94.3 Å². The molecule has 3 rings (SSSR count). The lowest BCUT2D eigenvalue weighted by Crippen LogP contribution is -2.28. The number of nitrogens with one attached hydrogen (secondary N) is 1. The van der Waals surface area contributed by atoms with Crippen LogP contribution in [0, 0.1) is 0 Å². The summed E-state index contributed by atoms with van der Waals surface area (Å²) in [5, 5.41) is 0.614. The smallest absolute Gasteiger partial charge is 0.232 e. The Bertz CT molecular complexity index is 1310. The third-order valence-electron chi connectivity index (χ3n) is 7.06. The highest BCUT2D eigenvalue weighted by molar-refractivity contribution is 7.92. The van der Waals surface area contributed by atoms with Gasteiger partial charge in [0.05, 0.1) is 17.9 Å². The Morgan fingerprint density at radius 1 is 0.875 bits per heavy atom. The Morgan fingerprint density at radius 2 is 1.52 bits per heavy atom. The van der Waals surface area contributed by atoms with Crippen LogP contribution in [-0.4, -0.2) is 51.1 Å². The van der Waals surface area contributed by atoms with Gasteiger partial charge in [-0.25, -0.2) is 8.42 Å². The third kappa shape index (κ3) is 9.10. The Balaban J connectivity index is 1.73. The van der Waals surface area contributed by atoms with Crippen LogP contribution in [0.4, 0.5) is 5.69 Å². The molecule has 0 aliphatic rings. The number of benzene rings is 2. The van der Waals surface area contributed by atoms with E-state index in [1.807, 2.05) is 12.1 Å². The molecule has 220 valence electrons. The van der Waals surface area contributed by atoms with Crippen molar-refractivity contribution in [1.82, 2.24) is 4.90 Å². The SMILES string of the molecule is CCCCc1oc2ccc(NS(=O)(=O)CC)cc2c1C(=O)c1ccc(OCCCN(CCCC)CCCC)cc1. The molecule has 1 heterocycles. The van der Waals surface area contributed by atoms with Gasteiger partial charge in [-0.2, -0.15) is 0 Å². The van der Waals surface area contributed by atoms with Crippen molar-refractivity contribution in [2.45, 2.75) is 79.1 Å². The van der Waals surface area contributed by atoms with Gasteiger partial charge in [0.15, 0.2) is 5.78 Å². The number of anilines is 1. The number of unbranched alkanes of at least 4 members (excludes halogenated alkanes) is 3. The van der Waals surface area contributed by atoms with Gasteiger partial charge in [-0.15, -0.1) is 0 Å². The number of carbonyl (C=O) groups excluding carboxylic acids is 1. The van der Waals surface area contributed by atoms with Crippen molar-refractivity contribution in [2.24, 2.45) is 0 Å². The van der Waals surface area contributed by atoms with E-state index in [9.17, 15) is 13.2 Å². The number of furan rings is 1. The van der Waals surface area contributed by atoms with Gasteiger partial charge in [0, 0.05) is 29.6 Å². The average molecular weight is 571 g/mol. The van der Waals surface area contributed by atoms with E-state index in [2.05, 4.69) is 30.4 Å². The molecule has 0 atom stereocenters. The third-order valence-corrected chi connectivity index (χ3v) is 8.37. The molecule has 7 nitrogen and oxygen atoms in total. The number of carbonyl (C=O) groups is 1. The highest BCUT2D eigenvalue weighted by Gasteiger charge is 2.23. The van der Waals surface area contributed by atoms with Crippen LogP contribution < -0.4 is 9.46 Å². The molecule has 0 aliphatic heterocycles. The molecule has 0 unspecified atom stereocenters.